The van der Waals surface area contributed by atoms with E-state index >= 15 is 0 Å². The summed E-state index contributed by atoms with van der Waals surface area (Å²) in [7, 11) is 0. The highest BCUT2D eigenvalue weighted by atomic mass is 16.6. The molecule has 0 saturated carbocycles. The molecule has 26 heavy (non-hydrogen) atoms. The molecule has 1 heterocycles. The van der Waals surface area contributed by atoms with E-state index in [2.05, 4.69) is 13.2 Å². The van der Waals surface area contributed by atoms with Crippen LogP contribution in [0.2, 0.25) is 0 Å². The molecule has 1 aromatic rings. The third-order valence-corrected chi connectivity index (χ3v) is 4.82. The van der Waals surface area contributed by atoms with Gasteiger partial charge in [-0.3, -0.25) is 4.90 Å². The van der Waals surface area contributed by atoms with Crippen molar-refractivity contribution in [3.8, 4) is 0 Å². The molecule has 1 aromatic carbocycles. The summed E-state index contributed by atoms with van der Waals surface area (Å²) in [4.78, 5) is 26.6. The Bertz CT molecular complexity index is 692. The zero-order chi connectivity index (χ0) is 19.5. The van der Waals surface area contributed by atoms with E-state index in [1.165, 1.54) is 4.90 Å². The minimum atomic E-state index is -1.37. The van der Waals surface area contributed by atoms with Gasteiger partial charge in [-0.2, -0.15) is 0 Å². The third-order valence-electron chi connectivity index (χ3n) is 4.82. The van der Waals surface area contributed by atoms with Crippen molar-refractivity contribution < 1.29 is 19.4 Å². The van der Waals surface area contributed by atoms with Gasteiger partial charge in [-0.05, 0) is 12.0 Å². The van der Waals surface area contributed by atoms with Gasteiger partial charge in [0.05, 0.1) is 0 Å². The Balaban J connectivity index is 2.66. The van der Waals surface area contributed by atoms with Crippen LogP contribution in [0.1, 0.15) is 32.8 Å². The molecule has 1 unspecified atom stereocenters. The lowest BCUT2D eigenvalue weighted by atomic mass is 9.75. The summed E-state index contributed by atoms with van der Waals surface area (Å²) in [6.45, 7) is 13.2. The number of esters is 1. The van der Waals surface area contributed by atoms with Crippen LogP contribution in [-0.2, 0) is 16.0 Å². The predicted molar refractivity (Wildman–Crippen MR) is 101 cm³/mol. The number of carbonyl (C=O) groups is 2. The van der Waals surface area contributed by atoms with Crippen molar-refractivity contribution in [2.24, 2.45) is 11.3 Å². The minimum Gasteiger partial charge on any atom is -0.465 e. The number of hydrogen-bond acceptors (Lipinski definition) is 3. The summed E-state index contributed by atoms with van der Waals surface area (Å²) in [6.07, 6.45) is 1.90. The Kier molecular flexibility index (Phi) is 5.59. The molecule has 0 aliphatic carbocycles. The molecular weight excluding hydrogens is 330 g/mol. The highest BCUT2D eigenvalue weighted by Gasteiger charge is 2.63. The lowest BCUT2D eigenvalue weighted by Gasteiger charge is -2.41. The van der Waals surface area contributed by atoms with Crippen LogP contribution in [-0.4, -0.2) is 33.8 Å². The number of allylic oxidation sites excluding steroid dienone is 1. The number of hydrogen-bond donors (Lipinski definition) is 1. The molecular formula is C21H27NO4. The number of amides is 1. The van der Waals surface area contributed by atoms with Crippen molar-refractivity contribution in [1.82, 2.24) is 4.90 Å². The summed E-state index contributed by atoms with van der Waals surface area (Å²) in [5, 5.41) is 10.0. The molecule has 1 N–H and O–H groups in total. The zero-order valence-electron chi connectivity index (χ0n) is 15.6. The van der Waals surface area contributed by atoms with Gasteiger partial charge in [0.1, 0.15) is 0 Å². The van der Waals surface area contributed by atoms with Crippen molar-refractivity contribution >= 4 is 12.1 Å². The first-order chi connectivity index (χ1) is 12.2. The zero-order valence-corrected chi connectivity index (χ0v) is 15.6. The van der Waals surface area contributed by atoms with E-state index in [9.17, 15) is 14.7 Å². The first-order valence-electron chi connectivity index (χ1n) is 8.69. The summed E-state index contributed by atoms with van der Waals surface area (Å²) < 4.78 is 5.64. The molecule has 1 aliphatic rings. The Hall–Kier alpha value is -2.56. The Labute approximate surface area is 155 Å². The molecule has 1 aliphatic heterocycles. The minimum absolute atomic E-state index is 0.218. The first-order valence-corrected chi connectivity index (χ1v) is 8.69. The molecule has 3 atom stereocenters. The highest BCUT2D eigenvalue weighted by molar-refractivity contribution is 5.89. The van der Waals surface area contributed by atoms with Crippen LogP contribution < -0.4 is 0 Å². The SMILES string of the molecule is C=CCC(C=C)[C@@]1(Cc2ccccc2)C(=O)O[C@@H](C(C)(C)C)N1C(=O)O. The van der Waals surface area contributed by atoms with E-state index in [0.717, 1.165) is 5.56 Å². The van der Waals surface area contributed by atoms with E-state index in [1.54, 1.807) is 12.2 Å². The maximum absolute atomic E-state index is 13.1. The monoisotopic (exact) mass is 357 g/mol. The number of ether oxygens (including phenoxy) is 1. The van der Waals surface area contributed by atoms with Gasteiger partial charge in [-0.15, -0.1) is 13.2 Å². The van der Waals surface area contributed by atoms with Gasteiger partial charge in [-0.25, -0.2) is 9.59 Å². The van der Waals surface area contributed by atoms with Crippen molar-refractivity contribution in [3.63, 3.8) is 0 Å². The van der Waals surface area contributed by atoms with E-state index in [4.69, 9.17) is 4.74 Å². The van der Waals surface area contributed by atoms with Crippen molar-refractivity contribution in [2.75, 3.05) is 0 Å². The molecule has 5 nitrogen and oxygen atoms in total. The number of rotatable bonds is 6. The van der Waals surface area contributed by atoms with Gasteiger partial charge in [0.15, 0.2) is 11.8 Å². The molecule has 140 valence electrons. The van der Waals surface area contributed by atoms with Crippen LogP contribution in [0, 0.1) is 11.3 Å². The molecule has 0 radical (unpaired) electrons. The molecule has 1 fully saturated rings. The lowest BCUT2D eigenvalue weighted by Crippen LogP contribution is -2.60. The van der Waals surface area contributed by atoms with E-state index in [-0.39, 0.29) is 6.42 Å². The fourth-order valence-electron chi connectivity index (χ4n) is 3.59. The maximum atomic E-state index is 13.1. The molecule has 1 saturated heterocycles. The average Bonchev–Trinajstić information content (AvgIpc) is 2.87. The maximum Gasteiger partial charge on any atom is 0.411 e. The number of carboxylic acid groups (broad SMARTS) is 1. The quantitative estimate of drug-likeness (QED) is 0.610. The molecule has 5 heteroatoms. The van der Waals surface area contributed by atoms with E-state index < -0.39 is 35.2 Å². The van der Waals surface area contributed by atoms with Crippen molar-refractivity contribution in [2.45, 2.75) is 45.4 Å². The second-order valence-electron chi connectivity index (χ2n) is 7.73. The van der Waals surface area contributed by atoms with Gasteiger partial charge in [0.2, 0.25) is 0 Å². The fourth-order valence-corrected chi connectivity index (χ4v) is 3.59. The van der Waals surface area contributed by atoms with Crippen LogP contribution in [0.15, 0.2) is 55.6 Å². The molecule has 0 bridgehead atoms. The average molecular weight is 357 g/mol. The Morgan fingerprint density at radius 2 is 1.96 bits per heavy atom. The Morgan fingerprint density at radius 1 is 1.35 bits per heavy atom. The van der Waals surface area contributed by atoms with Crippen LogP contribution in [0.5, 0.6) is 0 Å². The summed E-state index contributed by atoms with van der Waals surface area (Å²) in [5.41, 5.74) is -1.07. The molecule has 2 rings (SSSR count). The van der Waals surface area contributed by atoms with Crippen molar-refractivity contribution in [1.29, 1.82) is 0 Å². The standard InChI is InChI=1S/C21H27NO4/c1-6-11-16(7-2)21(14-15-12-9-8-10-13-15)18(23)26-17(20(3,4)5)22(21)19(24)25/h6-10,12-13,16-17H,1-2,11,14H2,3-5H3,(H,24,25)/t16?,17-,21-/m0/s1. The summed E-state index contributed by atoms with van der Waals surface area (Å²) in [5.74, 6) is -0.980. The fraction of sp³-hybridized carbons (Fsp3) is 0.429. The summed E-state index contributed by atoms with van der Waals surface area (Å²) in [6, 6.07) is 9.38. The van der Waals surface area contributed by atoms with Gasteiger partial charge in [0.25, 0.3) is 0 Å². The molecule has 0 spiro atoms. The van der Waals surface area contributed by atoms with E-state index in [1.807, 2.05) is 51.1 Å². The Morgan fingerprint density at radius 3 is 2.42 bits per heavy atom. The second kappa shape index (κ2) is 7.36. The molecule has 1 amide bonds. The third kappa shape index (κ3) is 3.39. The smallest absolute Gasteiger partial charge is 0.411 e. The number of carbonyl (C=O) groups excluding carboxylic acids is 1. The van der Waals surface area contributed by atoms with Crippen molar-refractivity contribution in [3.05, 3.63) is 61.2 Å². The lowest BCUT2D eigenvalue weighted by molar-refractivity contribution is -0.149. The van der Waals surface area contributed by atoms with Crippen LogP contribution in [0.4, 0.5) is 4.79 Å². The number of cyclic esters (lactones) is 1. The van der Waals surface area contributed by atoms with E-state index in [0.29, 0.717) is 6.42 Å². The van der Waals surface area contributed by atoms with Gasteiger partial charge in [-0.1, -0.05) is 63.3 Å². The normalized spacial score (nSPS) is 24.0. The number of nitrogens with zero attached hydrogens (tertiary/aromatic N) is 1. The van der Waals surface area contributed by atoms with Gasteiger partial charge in [0, 0.05) is 17.8 Å². The van der Waals surface area contributed by atoms with Gasteiger partial charge >= 0.3 is 12.1 Å². The number of benzene rings is 1. The predicted octanol–water partition coefficient (Wildman–Crippen LogP) is 4.26. The van der Waals surface area contributed by atoms with Gasteiger partial charge < -0.3 is 9.84 Å². The highest BCUT2D eigenvalue weighted by Crippen LogP contribution is 2.45. The topological polar surface area (TPSA) is 66.8 Å². The van der Waals surface area contributed by atoms with Crippen LogP contribution in [0.3, 0.4) is 0 Å². The van der Waals surface area contributed by atoms with Crippen LogP contribution >= 0.6 is 0 Å². The molecule has 0 aromatic heterocycles. The summed E-state index contributed by atoms with van der Waals surface area (Å²) >= 11 is 0. The first kappa shape index (κ1) is 19.8. The largest absolute Gasteiger partial charge is 0.465 e. The van der Waals surface area contributed by atoms with Crippen LogP contribution in [0.25, 0.3) is 0 Å². The second-order valence-corrected chi connectivity index (χ2v) is 7.73.